The topological polar surface area (TPSA) is 36.4 Å². The molecular weight excluding hydrogens is 236 g/mol. The van der Waals surface area contributed by atoms with E-state index >= 15 is 0 Å². The van der Waals surface area contributed by atoms with Crippen LogP contribution in [0.5, 0.6) is 0 Å². The summed E-state index contributed by atoms with van der Waals surface area (Å²) in [7, 11) is 2.02. The number of aliphatic hydroxyl groups excluding tert-OH is 1. The van der Waals surface area contributed by atoms with Crippen molar-refractivity contribution >= 4 is 11.4 Å². The molecule has 0 aliphatic rings. The van der Waals surface area contributed by atoms with Crippen molar-refractivity contribution < 1.29 is 5.11 Å². The number of nitrogens with zero attached hydrogens (tertiary/aromatic N) is 2. The first-order valence-corrected chi connectivity index (χ1v) is 6.43. The fourth-order valence-electron chi connectivity index (χ4n) is 2.14. The van der Waals surface area contributed by atoms with E-state index in [9.17, 15) is 5.11 Å². The van der Waals surface area contributed by atoms with Gasteiger partial charge in [0.2, 0.25) is 0 Å². The minimum absolute atomic E-state index is 0.527. The molecule has 0 aliphatic carbocycles. The smallest absolute Gasteiger partial charge is 0.0931 e. The summed E-state index contributed by atoms with van der Waals surface area (Å²) in [6, 6.07) is 10.3. The summed E-state index contributed by atoms with van der Waals surface area (Å²) >= 11 is 0. The summed E-state index contributed by atoms with van der Waals surface area (Å²) in [5.74, 6) is 0. The second kappa shape index (κ2) is 5.41. The van der Waals surface area contributed by atoms with Gasteiger partial charge in [-0.05, 0) is 56.2 Å². The first-order valence-electron chi connectivity index (χ1n) is 6.43. The van der Waals surface area contributed by atoms with Gasteiger partial charge in [-0.2, -0.15) is 0 Å². The lowest BCUT2D eigenvalue weighted by atomic mass is 10.1. The van der Waals surface area contributed by atoms with Gasteiger partial charge in [-0.3, -0.25) is 4.98 Å². The lowest BCUT2D eigenvalue weighted by Crippen LogP contribution is -2.10. The minimum Gasteiger partial charge on any atom is -0.387 e. The van der Waals surface area contributed by atoms with E-state index < -0.39 is 6.10 Å². The van der Waals surface area contributed by atoms with Crippen molar-refractivity contribution in [3.05, 3.63) is 53.3 Å². The van der Waals surface area contributed by atoms with Gasteiger partial charge in [-0.1, -0.05) is 6.07 Å². The number of pyridine rings is 1. The molecule has 0 amide bonds. The van der Waals surface area contributed by atoms with Crippen molar-refractivity contribution in [3.8, 4) is 0 Å². The fourth-order valence-corrected chi connectivity index (χ4v) is 2.14. The maximum absolute atomic E-state index is 9.47. The largest absolute Gasteiger partial charge is 0.387 e. The summed E-state index contributed by atoms with van der Waals surface area (Å²) in [4.78, 5) is 6.37. The van der Waals surface area contributed by atoms with Crippen LogP contribution in [-0.2, 0) is 0 Å². The normalized spacial score (nSPS) is 12.3. The number of hydrogen-bond acceptors (Lipinski definition) is 3. The fraction of sp³-hybridized carbons (Fsp3) is 0.312. The zero-order chi connectivity index (χ0) is 14.0. The van der Waals surface area contributed by atoms with E-state index in [0.717, 1.165) is 11.4 Å². The molecule has 0 radical (unpaired) electrons. The van der Waals surface area contributed by atoms with E-state index in [1.807, 2.05) is 19.2 Å². The van der Waals surface area contributed by atoms with E-state index in [0.29, 0.717) is 5.69 Å². The average molecular weight is 256 g/mol. The molecular formula is C16H20N2O. The van der Waals surface area contributed by atoms with Crippen LogP contribution in [0, 0.1) is 13.8 Å². The maximum Gasteiger partial charge on any atom is 0.0931 e. The van der Waals surface area contributed by atoms with Gasteiger partial charge in [0, 0.05) is 12.7 Å². The molecule has 0 spiro atoms. The van der Waals surface area contributed by atoms with Crippen LogP contribution in [0.1, 0.15) is 29.8 Å². The van der Waals surface area contributed by atoms with E-state index in [-0.39, 0.29) is 0 Å². The summed E-state index contributed by atoms with van der Waals surface area (Å²) in [6.07, 6.45) is 1.26. The first kappa shape index (κ1) is 13.6. The van der Waals surface area contributed by atoms with Gasteiger partial charge in [0.25, 0.3) is 0 Å². The second-order valence-corrected chi connectivity index (χ2v) is 5.02. The minimum atomic E-state index is -0.527. The molecule has 100 valence electrons. The Balaban J connectivity index is 2.30. The summed E-state index contributed by atoms with van der Waals surface area (Å²) in [5.41, 5.74) is 5.34. The molecule has 0 bridgehead atoms. The summed E-state index contributed by atoms with van der Waals surface area (Å²) in [6.45, 7) is 5.91. The van der Waals surface area contributed by atoms with Gasteiger partial charge < -0.3 is 10.0 Å². The predicted molar refractivity (Wildman–Crippen MR) is 78.8 cm³/mol. The van der Waals surface area contributed by atoms with Crippen molar-refractivity contribution in [1.82, 2.24) is 4.98 Å². The molecule has 3 heteroatoms. The Morgan fingerprint density at radius 1 is 1.05 bits per heavy atom. The van der Waals surface area contributed by atoms with Crippen molar-refractivity contribution in [2.75, 3.05) is 11.9 Å². The third-order valence-electron chi connectivity index (χ3n) is 3.18. The highest BCUT2D eigenvalue weighted by Gasteiger charge is 2.07. The van der Waals surface area contributed by atoms with E-state index in [2.05, 4.69) is 41.9 Å². The van der Waals surface area contributed by atoms with Gasteiger partial charge in [0.05, 0.1) is 23.7 Å². The molecule has 0 aliphatic heterocycles. The highest BCUT2D eigenvalue weighted by Crippen LogP contribution is 2.25. The van der Waals surface area contributed by atoms with Gasteiger partial charge in [-0.15, -0.1) is 0 Å². The van der Waals surface area contributed by atoms with Crippen LogP contribution in [-0.4, -0.2) is 17.1 Å². The number of aryl methyl sites for hydroxylation is 2. The monoisotopic (exact) mass is 256 g/mol. The van der Waals surface area contributed by atoms with Crippen molar-refractivity contribution in [2.24, 2.45) is 0 Å². The second-order valence-electron chi connectivity index (χ2n) is 5.02. The van der Waals surface area contributed by atoms with Crippen LogP contribution in [0.3, 0.4) is 0 Å². The Morgan fingerprint density at radius 3 is 2.16 bits per heavy atom. The number of aliphatic hydroxyl groups is 1. The zero-order valence-electron chi connectivity index (χ0n) is 11.9. The zero-order valence-corrected chi connectivity index (χ0v) is 11.9. The Morgan fingerprint density at radius 2 is 1.68 bits per heavy atom. The van der Waals surface area contributed by atoms with Gasteiger partial charge >= 0.3 is 0 Å². The number of hydrogen-bond donors (Lipinski definition) is 1. The molecule has 0 saturated carbocycles. The van der Waals surface area contributed by atoms with Crippen LogP contribution in [0.25, 0.3) is 0 Å². The van der Waals surface area contributed by atoms with E-state index in [1.165, 1.54) is 11.1 Å². The maximum atomic E-state index is 9.47. The number of rotatable bonds is 3. The number of anilines is 2. The molecule has 1 heterocycles. The van der Waals surface area contributed by atoms with E-state index in [1.54, 1.807) is 13.1 Å². The molecule has 2 rings (SSSR count). The molecule has 1 aromatic carbocycles. The lowest BCUT2D eigenvalue weighted by Gasteiger charge is -2.20. The quantitative estimate of drug-likeness (QED) is 0.912. The average Bonchev–Trinajstić information content (AvgIpc) is 2.37. The van der Waals surface area contributed by atoms with Gasteiger partial charge in [0.15, 0.2) is 0 Å². The lowest BCUT2D eigenvalue weighted by molar-refractivity contribution is 0.194. The van der Waals surface area contributed by atoms with Crippen LogP contribution < -0.4 is 4.90 Å². The molecule has 3 nitrogen and oxygen atoms in total. The SMILES string of the molecule is Cc1cc(C)cc(N(C)c2ccc([C@@H](C)O)nc2)c1. The third kappa shape index (κ3) is 3.12. The third-order valence-corrected chi connectivity index (χ3v) is 3.18. The Bertz CT molecular complexity index is 541. The number of aromatic nitrogens is 1. The summed E-state index contributed by atoms with van der Waals surface area (Å²) < 4.78 is 0. The molecule has 1 aromatic heterocycles. The van der Waals surface area contributed by atoms with Crippen LogP contribution in [0.4, 0.5) is 11.4 Å². The van der Waals surface area contributed by atoms with Gasteiger partial charge in [-0.25, -0.2) is 0 Å². The van der Waals surface area contributed by atoms with E-state index in [4.69, 9.17) is 0 Å². The van der Waals surface area contributed by atoms with Crippen LogP contribution in [0.15, 0.2) is 36.5 Å². The Kier molecular flexibility index (Phi) is 3.86. The molecule has 19 heavy (non-hydrogen) atoms. The van der Waals surface area contributed by atoms with Crippen molar-refractivity contribution in [3.63, 3.8) is 0 Å². The highest BCUT2D eigenvalue weighted by atomic mass is 16.3. The molecule has 0 unspecified atom stereocenters. The molecule has 2 aromatic rings. The molecule has 0 fully saturated rings. The Hall–Kier alpha value is -1.87. The predicted octanol–water partition coefficient (Wildman–Crippen LogP) is 3.52. The Labute approximate surface area is 114 Å². The number of benzene rings is 1. The van der Waals surface area contributed by atoms with Gasteiger partial charge in [0.1, 0.15) is 0 Å². The van der Waals surface area contributed by atoms with Crippen molar-refractivity contribution in [1.29, 1.82) is 0 Å². The molecule has 1 N–H and O–H groups in total. The van der Waals surface area contributed by atoms with Crippen LogP contribution >= 0.6 is 0 Å². The highest BCUT2D eigenvalue weighted by molar-refractivity contribution is 5.63. The molecule has 1 atom stereocenters. The summed E-state index contributed by atoms with van der Waals surface area (Å²) in [5, 5.41) is 9.47. The van der Waals surface area contributed by atoms with Crippen molar-refractivity contribution in [2.45, 2.75) is 26.9 Å². The first-order chi connectivity index (χ1) is 8.97. The molecule has 0 saturated heterocycles. The standard InChI is InChI=1S/C16H20N2O/c1-11-7-12(2)9-15(8-11)18(4)14-5-6-16(13(3)19)17-10-14/h5-10,13,19H,1-4H3/t13-/m1/s1. The van der Waals surface area contributed by atoms with Crippen LogP contribution in [0.2, 0.25) is 0 Å².